The number of nitrogens with zero attached hydrogens (tertiary/aromatic N) is 1. The Balaban J connectivity index is 2.16. The van der Waals surface area contributed by atoms with Gasteiger partial charge in [-0.15, -0.1) is 0 Å². The summed E-state index contributed by atoms with van der Waals surface area (Å²) in [6.45, 7) is 4.92. The summed E-state index contributed by atoms with van der Waals surface area (Å²) in [5, 5.41) is 22.0. The summed E-state index contributed by atoms with van der Waals surface area (Å²) in [5.41, 5.74) is -0.189. The number of β-amino-alcohol motifs (C(OH)–C–C–N with tert-alkyl or cyclic N) is 1. The Labute approximate surface area is 112 Å². The van der Waals surface area contributed by atoms with Crippen LogP contribution in [0, 0.1) is 5.41 Å². The molecule has 0 bridgehead atoms. The molecule has 3 atom stereocenters. The van der Waals surface area contributed by atoms with Gasteiger partial charge in [0.2, 0.25) is 5.91 Å². The van der Waals surface area contributed by atoms with Gasteiger partial charge in [0, 0.05) is 13.0 Å². The van der Waals surface area contributed by atoms with Gasteiger partial charge in [0.15, 0.2) is 0 Å². The molecule has 2 aliphatic rings. The lowest BCUT2D eigenvalue weighted by molar-refractivity contribution is -0.150. The number of aliphatic hydroxyl groups excluding tert-OH is 1. The molecule has 0 aromatic rings. The third-order valence-electron chi connectivity index (χ3n) is 4.22. The van der Waals surface area contributed by atoms with Crippen LogP contribution < -0.4 is 5.32 Å². The predicted molar refractivity (Wildman–Crippen MR) is 68.6 cm³/mol. The smallest absolute Gasteiger partial charge is 0.326 e. The molecule has 3 N–H and O–H groups in total. The second-order valence-corrected chi connectivity index (χ2v) is 6.21. The number of hydrogen-bond donors (Lipinski definition) is 3. The standard InChI is InChI=1S/C13H22N2O4/c1-13(2)4-3-5-14-10(13)11(17)15-7-8(16)6-9(15)12(18)19/h8-10,14,16H,3-7H2,1-2H3,(H,18,19)/t8-,9-,10?/m0/s1. The number of amides is 1. The molecule has 0 radical (unpaired) electrons. The van der Waals surface area contributed by atoms with Gasteiger partial charge in [0.1, 0.15) is 6.04 Å². The Bertz CT molecular complexity index is 383. The average Bonchev–Trinajstić information content (AvgIpc) is 2.70. The van der Waals surface area contributed by atoms with Crippen LogP contribution in [0.4, 0.5) is 0 Å². The van der Waals surface area contributed by atoms with Crippen molar-refractivity contribution in [2.45, 2.75) is 51.3 Å². The van der Waals surface area contributed by atoms with Gasteiger partial charge in [0.25, 0.3) is 0 Å². The normalized spacial score (nSPS) is 34.3. The number of aliphatic carboxylic acids is 1. The number of carboxylic acid groups (broad SMARTS) is 1. The van der Waals surface area contributed by atoms with Crippen LogP contribution in [0.3, 0.4) is 0 Å². The monoisotopic (exact) mass is 270 g/mol. The molecule has 0 saturated carbocycles. The maximum absolute atomic E-state index is 12.6. The highest BCUT2D eigenvalue weighted by molar-refractivity contribution is 5.88. The van der Waals surface area contributed by atoms with Crippen molar-refractivity contribution in [2.24, 2.45) is 5.41 Å². The Morgan fingerprint density at radius 3 is 2.63 bits per heavy atom. The van der Waals surface area contributed by atoms with Crippen molar-refractivity contribution in [3.63, 3.8) is 0 Å². The third-order valence-corrected chi connectivity index (χ3v) is 4.22. The molecule has 2 rings (SSSR count). The maximum atomic E-state index is 12.6. The van der Waals surface area contributed by atoms with Crippen LogP contribution in [0.1, 0.15) is 33.1 Å². The Morgan fingerprint density at radius 1 is 1.37 bits per heavy atom. The van der Waals surface area contributed by atoms with Crippen molar-refractivity contribution in [3.05, 3.63) is 0 Å². The van der Waals surface area contributed by atoms with Gasteiger partial charge in [-0.3, -0.25) is 4.79 Å². The lowest BCUT2D eigenvalue weighted by atomic mass is 9.77. The highest BCUT2D eigenvalue weighted by Gasteiger charge is 2.45. The molecule has 2 heterocycles. The number of likely N-dealkylation sites (tertiary alicyclic amines) is 1. The van der Waals surface area contributed by atoms with E-state index >= 15 is 0 Å². The van der Waals surface area contributed by atoms with E-state index in [1.807, 2.05) is 13.8 Å². The van der Waals surface area contributed by atoms with Gasteiger partial charge >= 0.3 is 5.97 Å². The number of carbonyl (C=O) groups excluding carboxylic acids is 1. The molecule has 2 saturated heterocycles. The van der Waals surface area contributed by atoms with E-state index in [1.54, 1.807) is 0 Å². The molecule has 19 heavy (non-hydrogen) atoms. The van der Waals surface area contributed by atoms with Crippen molar-refractivity contribution in [1.82, 2.24) is 10.2 Å². The third kappa shape index (κ3) is 2.74. The maximum Gasteiger partial charge on any atom is 0.326 e. The first-order chi connectivity index (χ1) is 8.83. The fourth-order valence-corrected chi connectivity index (χ4v) is 3.09. The molecule has 1 unspecified atom stereocenters. The zero-order valence-corrected chi connectivity index (χ0v) is 11.4. The molecule has 6 nitrogen and oxygen atoms in total. The van der Waals surface area contributed by atoms with Gasteiger partial charge in [0.05, 0.1) is 12.1 Å². The molecule has 108 valence electrons. The Hall–Kier alpha value is -1.14. The Morgan fingerprint density at radius 2 is 2.05 bits per heavy atom. The minimum Gasteiger partial charge on any atom is -0.480 e. The molecule has 0 aliphatic carbocycles. The topological polar surface area (TPSA) is 89.9 Å². The molecule has 0 aromatic heterocycles. The van der Waals surface area contributed by atoms with Crippen LogP contribution >= 0.6 is 0 Å². The van der Waals surface area contributed by atoms with E-state index in [-0.39, 0.29) is 30.3 Å². The molecule has 0 aromatic carbocycles. The summed E-state index contributed by atoms with van der Waals surface area (Å²) in [6, 6.07) is -1.27. The summed E-state index contributed by atoms with van der Waals surface area (Å²) >= 11 is 0. The van der Waals surface area contributed by atoms with Crippen molar-refractivity contribution in [1.29, 1.82) is 0 Å². The number of hydrogen-bond acceptors (Lipinski definition) is 4. The minimum absolute atomic E-state index is 0.115. The summed E-state index contributed by atoms with van der Waals surface area (Å²) in [5.74, 6) is -1.24. The molecular weight excluding hydrogens is 248 g/mol. The fourth-order valence-electron chi connectivity index (χ4n) is 3.09. The van der Waals surface area contributed by atoms with Gasteiger partial charge in [-0.25, -0.2) is 4.79 Å². The van der Waals surface area contributed by atoms with Crippen molar-refractivity contribution < 1.29 is 19.8 Å². The van der Waals surface area contributed by atoms with E-state index in [0.717, 1.165) is 19.4 Å². The van der Waals surface area contributed by atoms with Crippen LogP contribution in [0.15, 0.2) is 0 Å². The highest BCUT2D eigenvalue weighted by Crippen LogP contribution is 2.32. The number of rotatable bonds is 2. The SMILES string of the molecule is CC1(C)CCCNC1C(=O)N1C[C@@H](O)C[C@H]1C(=O)O. The van der Waals surface area contributed by atoms with Gasteiger partial charge in [-0.1, -0.05) is 13.8 Å². The van der Waals surface area contributed by atoms with E-state index in [2.05, 4.69) is 5.32 Å². The van der Waals surface area contributed by atoms with E-state index in [1.165, 1.54) is 4.90 Å². The summed E-state index contributed by atoms with van der Waals surface area (Å²) in [6.07, 6.45) is 1.33. The van der Waals surface area contributed by atoms with Crippen molar-refractivity contribution in [3.8, 4) is 0 Å². The number of nitrogens with one attached hydrogen (secondary N) is 1. The van der Waals surface area contributed by atoms with Crippen LogP contribution in [0.25, 0.3) is 0 Å². The van der Waals surface area contributed by atoms with Crippen molar-refractivity contribution >= 4 is 11.9 Å². The number of carbonyl (C=O) groups is 2. The van der Waals surface area contributed by atoms with Crippen LogP contribution in [-0.2, 0) is 9.59 Å². The summed E-state index contributed by atoms with van der Waals surface area (Å²) < 4.78 is 0. The number of piperidine rings is 1. The largest absolute Gasteiger partial charge is 0.480 e. The highest BCUT2D eigenvalue weighted by atomic mass is 16.4. The quantitative estimate of drug-likeness (QED) is 0.647. The van der Waals surface area contributed by atoms with Crippen LogP contribution in [0.5, 0.6) is 0 Å². The first kappa shape index (κ1) is 14.3. The fraction of sp³-hybridized carbons (Fsp3) is 0.846. The zero-order valence-electron chi connectivity index (χ0n) is 11.4. The summed E-state index contributed by atoms with van der Waals surface area (Å²) in [4.78, 5) is 25.1. The van der Waals surface area contributed by atoms with Gasteiger partial charge in [-0.2, -0.15) is 0 Å². The van der Waals surface area contributed by atoms with Crippen LogP contribution in [-0.4, -0.2) is 58.3 Å². The molecule has 2 fully saturated rings. The summed E-state index contributed by atoms with van der Waals surface area (Å²) in [7, 11) is 0. The average molecular weight is 270 g/mol. The number of carboxylic acids is 1. The molecule has 0 spiro atoms. The van der Waals surface area contributed by atoms with E-state index in [4.69, 9.17) is 5.11 Å². The molecule has 6 heteroatoms. The Kier molecular flexibility index (Phi) is 3.82. The lowest BCUT2D eigenvalue weighted by Crippen LogP contribution is -2.58. The van der Waals surface area contributed by atoms with E-state index < -0.39 is 18.1 Å². The molecule has 2 aliphatic heterocycles. The van der Waals surface area contributed by atoms with Crippen molar-refractivity contribution in [2.75, 3.05) is 13.1 Å². The lowest BCUT2D eigenvalue weighted by Gasteiger charge is -2.40. The first-order valence-electron chi connectivity index (χ1n) is 6.77. The second-order valence-electron chi connectivity index (χ2n) is 6.21. The minimum atomic E-state index is -1.04. The number of aliphatic hydroxyl groups is 1. The zero-order chi connectivity index (χ0) is 14.2. The van der Waals surface area contributed by atoms with E-state index in [0.29, 0.717) is 0 Å². The van der Waals surface area contributed by atoms with E-state index in [9.17, 15) is 14.7 Å². The second kappa shape index (κ2) is 5.09. The van der Waals surface area contributed by atoms with Gasteiger partial charge < -0.3 is 20.4 Å². The van der Waals surface area contributed by atoms with Gasteiger partial charge in [-0.05, 0) is 24.8 Å². The van der Waals surface area contributed by atoms with Crippen LogP contribution in [0.2, 0.25) is 0 Å². The predicted octanol–water partition coefficient (Wildman–Crippen LogP) is -0.189. The molecular formula is C13H22N2O4. The molecule has 1 amide bonds. The first-order valence-corrected chi connectivity index (χ1v) is 6.77.